The number of hydrogen-bond donors (Lipinski definition) is 2. The fourth-order valence-electron chi connectivity index (χ4n) is 4.31. The van der Waals surface area contributed by atoms with Crippen LogP contribution in [-0.2, 0) is 30.1 Å². The molecule has 1 aliphatic rings. The number of phosphoric acid groups is 1. The summed E-state index contributed by atoms with van der Waals surface area (Å²) in [6.07, 6.45) is 1.96. The maximum atomic E-state index is 11.9. The Morgan fingerprint density at radius 1 is 1.03 bits per heavy atom. The highest BCUT2D eigenvalue weighted by Gasteiger charge is 2.50. The molecule has 1 fully saturated rings. The molecule has 1 aliphatic heterocycles. The summed E-state index contributed by atoms with van der Waals surface area (Å²) in [5, 5.41) is 0.112. The highest BCUT2D eigenvalue weighted by atomic mass is 31.2. The van der Waals surface area contributed by atoms with Crippen molar-refractivity contribution in [1.82, 2.24) is 0 Å². The Balaban J connectivity index is 2.27. The van der Waals surface area contributed by atoms with E-state index < -0.39 is 32.8 Å². The van der Waals surface area contributed by atoms with Crippen molar-refractivity contribution in [2.45, 2.75) is 123 Å². The lowest BCUT2D eigenvalue weighted by atomic mass is 9.77. The van der Waals surface area contributed by atoms with E-state index in [0.29, 0.717) is 25.8 Å². The zero-order valence-corrected chi connectivity index (χ0v) is 26.3. The largest absolute Gasteiger partial charge is 0.524 e. The molecule has 206 valence electrons. The van der Waals surface area contributed by atoms with Crippen molar-refractivity contribution in [1.29, 1.82) is 0 Å². The Morgan fingerprint density at radius 2 is 1.56 bits per heavy atom. The SMILES string of the molecule is Cc1cc(CCB2OC(C)(C)C(C)(C)O2)cc(OP(=O)(O)O)c1C(C)(C)CCO[Si](C)(C)C(C)(C)C. The standard InChI is InChI=1S/C26H48BO7PSi/c1-19-17-20(13-15-27-33-25(7,8)26(9,10)34-27)18-21(32-35(28,29)30)22(19)24(5,6)14-16-31-36(11,12)23(2,3)4/h17-18H,13-16H2,1-12H3,(H2,28,29,30). The van der Waals surface area contributed by atoms with Gasteiger partial charge in [0.25, 0.3) is 0 Å². The summed E-state index contributed by atoms with van der Waals surface area (Å²) in [4.78, 5) is 19.3. The molecule has 1 aromatic rings. The molecular formula is C26H48BO7PSi. The maximum Gasteiger partial charge on any atom is 0.524 e. The van der Waals surface area contributed by atoms with E-state index in [9.17, 15) is 14.4 Å². The first-order valence-electron chi connectivity index (χ1n) is 12.9. The predicted octanol–water partition coefficient (Wildman–Crippen LogP) is 6.79. The maximum absolute atomic E-state index is 11.9. The molecule has 10 heteroatoms. The molecule has 2 N–H and O–H groups in total. The van der Waals surface area contributed by atoms with Gasteiger partial charge in [-0.3, -0.25) is 9.79 Å². The van der Waals surface area contributed by atoms with Crippen molar-refractivity contribution in [3.63, 3.8) is 0 Å². The summed E-state index contributed by atoms with van der Waals surface area (Å²) in [6, 6.07) is 3.83. The van der Waals surface area contributed by atoms with E-state index in [2.05, 4.69) is 53.8 Å². The highest BCUT2D eigenvalue weighted by molar-refractivity contribution is 7.46. The topological polar surface area (TPSA) is 94.5 Å². The summed E-state index contributed by atoms with van der Waals surface area (Å²) in [5.74, 6) is 0.226. The lowest BCUT2D eigenvalue weighted by Gasteiger charge is -2.37. The minimum atomic E-state index is -4.75. The second kappa shape index (κ2) is 10.5. The van der Waals surface area contributed by atoms with E-state index in [4.69, 9.17) is 18.3 Å². The van der Waals surface area contributed by atoms with Crippen LogP contribution >= 0.6 is 7.82 Å². The molecule has 0 bridgehead atoms. The van der Waals surface area contributed by atoms with Crippen LogP contribution < -0.4 is 4.52 Å². The molecule has 0 amide bonds. The zero-order valence-electron chi connectivity index (χ0n) is 24.4. The second-order valence-corrected chi connectivity index (χ2v) is 19.3. The normalized spacial score (nSPS) is 18.6. The van der Waals surface area contributed by atoms with Crippen molar-refractivity contribution in [2.75, 3.05) is 6.61 Å². The molecule has 0 atom stereocenters. The molecule has 2 rings (SSSR count). The average molecular weight is 543 g/mol. The van der Waals surface area contributed by atoms with Crippen molar-refractivity contribution in [3.8, 4) is 5.75 Å². The first kappa shape index (κ1) is 31.5. The molecular weight excluding hydrogens is 494 g/mol. The second-order valence-electron chi connectivity index (χ2n) is 13.3. The third-order valence-corrected chi connectivity index (χ3v) is 13.2. The lowest BCUT2D eigenvalue weighted by Crippen LogP contribution is -2.41. The summed E-state index contributed by atoms with van der Waals surface area (Å²) in [6.45, 7) is 25.9. The Bertz CT molecular complexity index is 963. The van der Waals surface area contributed by atoms with E-state index in [1.54, 1.807) is 6.07 Å². The molecule has 0 radical (unpaired) electrons. The van der Waals surface area contributed by atoms with Gasteiger partial charge >= 0.3 is 14.9 Å². The van der Waals surface area contributed by atoms with Gasteiger partial charge in [0.1, 0.15) is 5.75 Å². The highest BCUT2D eigenvalue weighted by Crippen LogP contribution is 2.46. The van der Waals surface area contributed by atoms with Crippen LogP contribution in [0.3, 0.4) is 0 Å². The molecule has 0 unspecified atom stereocenters. The van der Waals surface area contributed by atoms with Gasteiger partial charge in [-0.15, -0.1) is 0 Å². The Labute approximate surface area is 220 Å². The first-order valence-corrected chi connectivity index (χ1v) is 17.3. The predicted molar refractivity (Wildman–Crippen MR) is 149 cm³/mol. The third-order valence-electron chi connectivity index (χ3n) is 8.22. The van der Waals surface area contributed by atoms with Gasteiger partial charge in [0, 0.05) is 12.2 Å². The van der Waals surface area contributed by atoms with Crippen molar-refractivity contribution in [3.05, 3.63) is 28.8 Å². The molecule has 1 saturated heterocycles. The Kier molecular flexibility index (Phi) is 9.18. The van der Waals surface area contributed by atoms with Gasteiger partial charge in [0.15, 0.2) is 8.32 Å². The molecule has 1 aromatic carbocycles. The van der Waals surface area contributed by atoms with Crippen LogP contribution in [-0.4, -0.2) is 43.0 Å². The fourth-order valence-corrected chi connectivity index (χ4v) is 5.75. The van der Waals surface area contributed by atoms with E-state index >= 15 is 0 Å². The van der Waals surface area contributed by atoms with Gasteiger partial charge < -0.3 is 18.3 Å². The van der Waals surface area contributed by atoms with Crippen LogP contribution in [0.2, 0.25) is 24.5 Å². The van der Waals surface area contributed by atoms with Gasteiger partial charge in [-0.05, 0) is 94.5 Å². The third kappa shape index (κ3) is 7.69. The Hall–Kier alpha value is -0.668. The number of benzene rings is 1. The van der Waals surface area contributed by atoms with Crippen LogP contribution in [0.5, 0.6) is 5.75 Å². The van der Waals surface area contributed by atoms with E-state index in [1.165, 1.54) is 0 Å². The van der Waals surface area contributed by atoms with Crippen LogP contribution in [0.15, 0.2) is 12.1 Å². The van der Waals surface area contributed by atoms with E-state index in [0.717, 1.165) is 16.7 Å². The summed E-state index contributed by atoms with van der Waals surface area (Å²) in [5.41, 5.74) is 1.43. The Morgan fingerprint density at radius 3 is 2.03 bits per heavy atom. The quantitative estimate of drug-likeness (QED) is 0.248. The summed E-state index contributed by atoms with van der Waals surface area (Å²) < 4.78 is 35.8. The first-order chi connectivity index (χ1) is 16.0. The zero-order chi connectivity index (χ0) is 28.0. The number of aryl methyl sites for hydroxylation is 2. The van der Waals surface area contributed by atoms with Crippen molar-refractivity contribution >= 4 is 23.3 Å². The van der Waals surface area contributed by atoms with Crippen LogP contribution in [0.1, 0.15) is 85.4 Å². The smallest absolute Gasteiger partial charge is 0.417 e. The van der Waals surface area contributed by atoms with Gasteiger partial charge in [-0.25, -0.2) is 4.57 Å². The van der Waals surface area contributed by atoms with Gasteiger partial charge in [-0.2, -0.15) is 0 Å². The van der Waals surface area contributed by atoms with Gasteiger partial charge in [-0.1, -0.05) is 40.7 Å². The lowest BCUT2D eigenvalue weighted by molar-refractivity contribution is 0.00578. The van der Waals surface area contributed by atoms with Crippen LogP contribution in [0.4, 0.5) is 0 Å². The molecule has 36 heavy (non-hydrogen) atoms. The molecule has 0 aromatic heterocycles. The van der Waals surface area contributed by atoms with Gasteiger partial charge in [0.05, 0.1) is 11.2 Å². The minimum absolute atomic E-state index is 0.112. The number of hydrogen-bond acceptors (Lipinski definition) is 5. The molecule has 7 nitrogen and oxygen atoms in total. The monoisotopic (exact) mass is 542 g/mol. The molecule has 0 spiro atoms. The molecule has 0 saturated carbocycles. The number of rotatable bonds is 10. The summed E-state index contributed by atoms with van der Waals surface area (Å²) >= 11 is 0. The van der Waals surface area contributed by atoms with E-state index in [-0.39, 0.29) is 17.9 Å². The van der Waals surface area contributed by atoms with Crippen LogP contribution in [0.25, 0.3) is 0 Å². The average Bonchev–Trinajstić information content (AvgIpc) is 2.83. The van der Waals surface area contributed by atoms with Gasteiger partial charge in [0.2, 0.25) is 0 Å². The minimum Gasteiger partial charge on any atom is -0.417 e. The fraction of sp³-hybridized carbons (Fsp3) is 0.769. The van der Waals surface area contributed by atoms with Crippen molar-refractivity contribution < 1.29 is 32.6 Å². The summed E-state index contributed by atoms with van der Waals surface area (Å²) in [7, 11) is -6.99. The molecule has 1 heterocycles. The molecule has 0 aliphatic carbocycles. The van der Waals surface area contributed by atoms with E-state index in [1.807, 2.05) is 34.6 Å². The van der Waals surface area contributed by atoms with Crippen molar-refractivity contribution in [2.24, 2.45) is 0 Å². The number of phosphoric ester groups is 1. The van der Waals surface area contributed by atoms with Crippen LogP contribution in [0, 0.1) is 6.92 Å².